The van der Waals surface area contributed by atoms with E-state index in [4.69, 9.17) is 27.2 Å². The van der Waals surface area contributed by atoms with Gasteiger partial charge in [0.25, 0.3) is 0 Å². The molecular formula is C15H15ClN2O3. The van der Waals surface area contributed by atoms with Crippen LogP contribution in [0.5, 0.6) is 5.75 Å². The van der Waals surface area contributed by atoms with Crippen LogP contribution in [0.15, 0.2) is 36.4 Å². The Balaban J connectivity index is 2.25. The molecule has 2 rings (SSSR count). The third-order valence-electron chi connectivity index (χ3n) is 3.09. The van der Waals surface area contributed by atoms with Gasteiger partial charge in [-0.15, -0.1) is 0 Å². The van der Waals surface area contributed by atoms with Gasteiger partial charge in [0.05, 0.1) is 24.0 Å². The Morgan fingerprint density at radius 2 is 2.05 bits per heavy atom. The first-order valence-corrected chi connectivity index (χ1v) is 6.59. The summed E-state index contributed by atoms with van der Waals surface area (Å²) in [6.45, 7) is 0.371. The maximum atomic E-state index is 11.1. The van der Waals surface area contributed by atoms with Gasteiger partial charge < -0.3 is 20.9 Å². The van der Waals surface area contributed by atoms with E-state index in [1.165, 1.54) is 6.07 Å². The largest absolute Gasteiger partial charge is 0.496 e. The van der Waals surface area contributed by atoms with E-state index >= 15 is 0 Å². The summed E-state index contributed by atoms with van der Waals surface area (Å²) in [4.78, 5) is 11.1. The first-order chi connectivity index (χ1) is 10.0. The van der Waals surface area contributed by atoms with E-state index in [1.807, 2.05) is 0 Å². The molecule has 0 spiro atoms. The van der Waals surface area contributed by atoms with Crippen LogP contribution in [0.25, 0.3) is 0 Å². The third-order valence-corrected chi connectivity index (χ3v) is 3.44. The number of methoxy groups -OCH3 is 1. The highest BCUT2D eigenvalue weighted by atomic mass is 35.5. The number of nitrogens with one attached hydrogen (secondary N) is 1. The molecule has 5 nitrogen and oxygen atoms in total. The highest BCUT2D eigenvalue weighted by Crippen LogP contribution is 2.29. The molecule has 4 N–H and O–H groups in total. The molecular weight excluding hydrogens is 292 g/mol. The Bertz CT molecular complexity index is 674. The fraction of sp³-hybridized carbons (Fsp3) is 0.133. The van der Waals surface area contributed by atoms with Crippen molar-refractivity contribution in [3.63, 3.8) is 0 Å². The first-order valence-electron chi connectivity index (χ1n) is 6.21. The highest BCUT2D eigenvalue weighted by molar-refractivity contribution is 6.31. The lowest BCUT2D eigenvalue weighted by atomic mass is 10.1. The molecule has 0 radical (unpaired) electrons. The second kappa shape index (κ2) is 6.37. The minimum Gasteiger partial charge on any atom is -0.496 e. The Hall–Kier alpha value is -2.40. The van der Waals surface area contributed by atoms with Gasteiger partial charge in [-0.2, -0.15) is 0 Å². The fourth-order valence-corrected chi connectivity index (χ4v) is 2.22. The average Bonchev–Trinajstić information content (AvgIpc) is 2.46. The van der Waals surface area contributed by atoms with Gasteiger partial charge in [0.1, 0.15) is 5.75 Å². The molecule has 0 aromatic heterocycles. The lowest BCUT2D eigenvalue weighted by molar-refractivity contribution is 0.0698. The summed E-state index contributed by atoms with van der Waals surface area (Å²) in [5, 5.41) is 12.7. The van der Waals surface area contributed by atoms with Crippen LogP contribution in [-0.4, -0.2) is 18.2 Å². The molecule has 0 saturated carbocycles. The van der Waals surface area contributed by atoms with Crippen LogP contribution in [0.2, 0.25) is 5.02 Å². The Labute approximate surface area is 127 Å². The average molecular weight is 307 g/mol. The van der Waals surface area contributed by atoms with E-state index in [1.54, 1.807) is 37.4 Å². The predicted molar refractivity (Wildman–Crippen MR) is 83.1 cm³/mol. The van der Waals surface area contributed by atoms with Crippen molar-refractivity contribution in [3.8, 4) is 5.75 Å². The maximum absolute atomic E-state index is 11.1. The number of carbonyl (C=O) groups is 1. The fourth-order valence-electron chi connectivity index (χ4n) is 1.99. The van der Waals surface area contributed by atoms with Gasteiger partial charge in [-0.25, -0.2) is 4.79 Å². The Kier molecular flexibility index (Phi) is 4.55. The van der Waals surface area contributed by atoms with E-state index in [2.05, 4.69) is 5.32 Å². The van der Waals surface area contributed by atoms with E-state index in [0.717, 1.165) is 5.56 Å². The lowest BCUT2D eigenvalue weighted by Gasteiger charge is -2.14. The molecule has 0 aliphatic carbocycles. The second-order valence-electron chi connectivity index (χ2n) is 4.35. The van der Waals surface area contributed by atoms with Crippen LogP contribution in [0.3, 0.4) is 0 Å². The SMILES string of the molecule is COc1cccc(Cl)c1CNc1cccc(C(=O)O)c1N. The number of para-hydroxylation sites is 1. The Morgan fingerprint density at radius 1 is 1.33 bits per heavy atom. The van der Waals surface area contributed by atoms with Crippen molar-refractivity contribution in [1.29, 1.82) is 0 Å². The zero-order chi connectivity index (χ0) is 15.4. The van der Waals surface area contributed by atoms with Gasteiger partial charge in [0.15, 0.2) is 0 Å². The molecule has 0 bridgehead atoms. The van der Waals surface area contributed by atoms with Crippen LogP contribution in [0.4, 0.5) is 11.4 Å². The summed E-state index contributed by atoms with van der Waals surface area (Å²) in [5.74, 6) is -0.408. The summed E-state index contributed by atoms with van der Waals surface area (Å²) in [5.41, 5.74) is 7.42. The third kappa shape index (κ3) is 3.20. The zero-order valence-electron chi connectivity index (χ0n) is 11.4. The van der Waals surface area contributed by atoms with E-state index in [0.29, 0.717) is 23.0 Å². The van der Waals surface area contributed by atoms with Gasteiger partial charge in [0, 0.05) is 17.1 Å². The van der Waals surface area contributed by atoms with Crippen molar-refractivity contribution in [3.05, 3.63) is 52.5 Å². The summed E-state index contributed by atoms with van der Waals surface area (Å²) in [7, 11) is 1.56. The number of ether oxygens (including phenoxy) is 1. The number of carboxylic acid groups (broad SMARTS) is 1. The molecule has 2 aromatic rings. The number of hydrogen-bond acceptors (Lipinski definition) is 4. The first kappa shape index (κ1) is 15.0. The van der Waals surface area contributed by atoms with Crippen molar-refractivity contribution in [1.82, 2.24) is 0 Å². The van der Waals surface area contributed by atoms with Crippen LogP contribution >= 0.6 is 11.6 Å². The summed E-state index contributed by atoms with van der Waals surface area (Å²) < 4.78 is 5.26. The predicted octanol–water partition coefficient (Wildman–Crippen LogP) is 3.24. The Morgan fingerprint density at radius 3 is 2.71 bits per heavy atom. The van der Waals surface area contributed by atoms with E-state index < -0.39 is 5.97 Å². The van der Waals surface area contributed by atoms with Gasteiger partial charge in [0.2, 0.25) is 0 Å². The molecule has 6 heteroatoms. The topological polar surface area (TPSA) is 84.6 Å². The molecule has 0 aliphatic heterocycles. The highest BCUT2D eigenvalue weighted by Gasteiger charge is 2.12. The van der Waals surface area contributed by atoms with Gasteiger partial charge in [-0.3, -0.25) is 0 Å². The molecule has 0 amide bonds. The van der Waals surface area contributed by atoms with Crippen LogP contribution < -0.4 is 15.8 Å². The lowest BCUT2D eigenvalue weighted by Crippen LogP contribution is -2.08. The van der Waals surface area contributed by atoms with E-state index in [9.17, 15) is 4.79 Å². The van der Waals surface area contributed by atoms with Gasteiger partial charge >= 0.3 is 5.97 Å². The molecule has 0 saturated heterocycles. The monoisotopic (exact) mass is 306 g/mol. The van der Waals surface area contributed by atoms with Gasteiger partial charge in [-0.05, 0) is 24.3 Å². The van der Waals surface area contributed by atoms with Crippen molar-refractivity contribution in [2.45, 2.75) is 6.54 Å². The number of carboxylic acids is 1. The number of hydrogen-bond donors (Lipinski definition) is 3. The molecule has 2 aromatic carbocycles. The maximum Gasteiger partial charge on any atom is 0.337 e. The molecule has 21 heavy (non-hydrogen) atoms. The number of nitrogen functional groups attached to an aromatic ring is 1. The summed E-state index contributed by atoms with van der Waals surface area (Å²) >= 11 is 6.15. The smallest absolute Gasteiger partial charge is 0.337 e. The molecule has 0 fully saturated rings. The number of halogens is 1. The van der Waals surface area contributed by atoms with Gasteiger partial charge in [-0.1, -0.05) is 23.7 Å². The number of anilines is 2. The normalized spacial score (nSPS) is 10.2. The van der Waals surface area contributed by atoms with Crippen molar-refractivity contribution >= 4 is 28.9 Å². The van der Waals surface area contributed by atoms with Crippen molar-refractivity contribution in [2.24, 2.45) is 0 Å². The zero-order valence-corrected chi connectivity index (χ0v) is 12.1. The molecule has 0 atom stereocenters. The molecule has 110 valence electrons. The molecule has 0 unspecified atom stereocenters. The summed E-state index contributed by atoms with van der Waals surface area (Å²) in [6.07, 6.45) is 0. The number of rotatable bonds is 5. The quantitative estimate of drug-likeness (QED) is 0.738. The van der Waals surface area contributed by atoms with Crippen molar-refractivity contribution in [2.75, 3.05) is 18.2 Å². The standard InChI is InChI=1S/C15H15ClN2O3/c1-21-13-7-3-5-11(16)10(13)8-18-12-6-2-4-9(14(12)17)15(19)20/h2-7,18H,8,17H2,1H3,(H,19,20). The second-order valence-corrected chi connectivity index (χ2v) is 4.75. The van der Waals surface area contributed by atoms with Crippen LogP contribution in [0.1, 0.15) is 15.9 Å². The minimum atomic E-state index is -1.06. The summed E-state index contributed by atoms with van der Waals surface area (Å²) in [6, 6.07) is 10.2. The molecule has 0 aliphatic rings. The van der Waals surface area contributed by atoms with E-state index in [-0.39, 0.29) is 11.3 Å². The minimum absolute atomic E-state index is 0.0612. The number of benzene rings is 2. The number of nitrogens with two attached hydrogens (primary N) is 1. The van der Waals surface area contributed by atoms with Crippen LogP contribution in [-0.2, 0) is 6.54 Å². The van der Waals surface area contributed by atoms with Crippen LogP contribution in [0, 0.1) is 0 Å². The molecule has 0 heterocycles. The van der Waals surface area contributed by atoms with Crippen molar-refractivity contribution < 1.29 is 14.6 Å². The number of aromatic carboxylic acids is 1.